The Hall–Kier alpha value is -2.52. The molecule has 0 saturated carbocycles. The molecule has 1 amide bonds. The fourth-order valence-corrected chi connectivity index (χ4v) is 2.67. The minimum absolute atomic E-state index is 0.0119. The van der Waals surface area contributed by atoms with Crippen LogP contribution in [0.3, 0.4) is 0 Å². The van der Waals surface area contributed by atoms with Crippen molar-refractivity contribution in [3.05, 3.63) is 46.3 Å². The Morgan fingerprint density at radius 2 is 1.56 bits per heavy atom. The van der Waals surface area contributed by atoms with Gasteiger partial charge in [-0.3, -0.25) is 9.48 Å². The van der Waals surface area contributed by atoms with Gasteiger partial charge in [0.2, 0.25) is 5.91 Å². The van der Waals surface area contributed by atoms with Crippen molar-refractivity contribution in [2.45, 2.75) is 39.0 Å². The van der Waals surface area contributed by atoms with Crippen LogP contribution in [0.25, 0.3) is 0 Å². The second-order valence-corrected chi connectivity index (χ2v) is 6.12. The number of hydrogen-bond donors (Lipinski definition) is 1. The molecule has 4 nitrogen and oxygen atoms in total. The molecule has 1 aromatic heterocycles. The molecule has 0 fully saturated rings. The van der Waals surface area contributed by atoms with E-state index in [1.807, 2.05) is 0 Å². The highest BCUT2D eigenvalue weighted by Crippen LogP contribution is 2.37. The van der Waals surface area contributed by atoms with E-state index in [2.05, 4.69) is 10.4 Å². The van der Waals surface area contributed by atoms with Gasteiger partial charge in [-0.2, -0.15) is 31.4 Å². The Morgan fingerprint density at radius 3 is 1.96 bits per heavy atom. The molecule has 0 saturated heterocycles. The van der Waals surface area contributed by atoms with Gasteiger partial charge in [-0.25, -0.2) is 0 Å². The summed E-state index contributed by atoms with van der Waals surface area (Å²) in [5.41, 5.74) is -1.16. The molecule has 10 heteroatoms. The van der Waals surface area contributed by atoms with Crippen molar-refractivity contribution in [3.63, 3.8) is 0 Å². The van der Waals surface area contributed by atoms with Crippen LogP contribution in [-0.2, 0) is 30.6 Å². The fourth-order valence-electron chi connectivity index (χ4n) is 2.67. The Kier molecular flexibility index (Phi) is 5.58. The van der Waals surface area contributed by atoms with Crippen LogP contribution >= 0.6 is 0 Å². The van der Waals surface area contributed by atoms with Crippen molar-refractivity contribution in [2.24, 2.45) is 7.05 Å². The quantitative estimate of drug-likeness (QED) is 0.769. The average molecular weight is 393 g/mol. The first-order chi connectivity index (χ1) is 12.3. The molecule has 0 unspecified atom stereocenters. The summed E-state index contributed by atoms with van der Waals surface area (Å²) in [6, 6.07) is 0.972. The lowest BCUT2D eigenvalue weighted by Crippen LogP contribution is -2.16. The molecule has 0 bridgehead atoms. The number of nitrogens with zero attached hydrogens (tertiary/aromatic N) is 2. The molecule has 0 atom stereocenters. The molecule has 27 heavy (non-hydrogen) atoms. The van der Waals surface area contributed by atoms with Crippen LogP contribution in [0.4, 0.5) is 32.0 Å². The third-order valence-electron chi connectivity index (χ3n) is 4.13. The number of alkyl halides is 6. The van der Waals surface area contributed by atoms with Crippen molar-refractivity contribution >= 4 is 11.6 Å². The minimum Gasteiger partial charge on any atom is -0.326 e. The number of nitrogens with one attached hydrogen (secondary N) is 1. The molecular weight excluding hydrogens is 376 g/mol. The molecule has 0 aliphatic rings. The average Bonchev–Trinajstić information content (AvgIpc) is 2.76. The SMILES string of the molecule is Cc1nn(C)c(C)c1CCC(=O)Nc1cc(C(F)(F)F)cc(C(F)(F)F)c1. The van der Waals surface area contributed by atoms with Gasteiger partial charge in [0, 0.05) is 24.8 Å². The maximum absolute atomic E-state index is 12.8. The smallest absolute Gasteiger partial charge is 0.326 e. The van der Waals surface area contributed by atoms with Crippen LogP contribution in [0.2, 0.25) is 0 Å². The highest BCUT2D eigenvalue weighted by atomic mass is 19.4. The summed E-state index contributed by atoms with van der Waals surface area (Å²) in [5.74, 6) is -0.690. The molecule has 0 radical (unpaired) electrons. The van der Waals surface area contributed by atoms with Gasteiger partial charge < -0.3 is 5.32 Å². The summed E-state index contributed by atoms with van der Waals surface area (Å²) < 4.78 is 78.7. The van der Waals surface area contributed by atoms with Gasteiger partial charge in [0.1, 0.15) is 0 Å². The lowest BCUT2D eigenvalue weighted by atomic mass is 10.1. The van der Waals surface area contributed by atoms with Gasteiger partial charge in [0.15, 0.2) is 0 Å². The first-order valence-corrected chi connectivity index (χ1v) is 7.87. The van der Waals surface area contributed by atoms with E-state index in [4.69, 9.17) is 0 Å². The van der Waals surface area contributed by atoms with E-state index < -0.39 is 35.1 Å². The van der Waals surface area contributed by atoms with Gasteiger partial charge in [-0.1, -0.05) is 0 Å². The molecule has 0 aliphatic carbocycles. The number of carbonyl (C=O) groups excluding carboxylic acids is 1. The van der Waals surface area contributed by atoms with Gasteiger partial charge in [0.25, 0.3) is 0 Å². The van der Waals surface area contributed by atoms with E-state index in [-0.39, 0.29) is 18.9 Å². The minimum atomic E-state index is -4.97. The molecule has 0 aliphatic heterocycles. The highest BCUT2D eigenvalue weighted by molar-refractivity contribution is 5.91. The van der Waals surface area contributed by atoms with Crippen LogP contribution in [0.1, 0.15) is 34.5 Å². The molecule has 1 N–H and O–H groups in total. The van der Waals surface area contributed by atoms with Gasteiger partial charge >= 0.3 is 12.4 Å². The predicted octanol–water partition coefficient (Wildman–Crippen LogP) is 4.65. The lowest BCUT2D eigenvalue weighted by Gasteiger charge is -2.14. The van der Waals surface area contributed by atoms with Crippen LogP contribution in [0, 0.1) is 13.8 Å². The summed E-state index contributed by atoms with van der Waals surface area (Å²) in [4.78, 5) is 12.0. The molecular formula is C17H17F6N3O. The number of halogens is 6. The number of amides is 1. The lowest BCUT2D eigenvalue weighted by molar-refractivity contribution is -0.143. The fraction of sp³-hybridized carbons (Fsp3) is 0.412. The summed E-state index contributed by atoms with van der Waals surface area (Å²) in [5, 5.41) is 6.30. The van der Waals surface area contributed by atoms with Crippen LogP contribution < -0.4 is 5.32 Å². The normalized spacial score (nSPS) is 12.3. The standard InChI is InChI=1S/C17H17F6N3O/c1-9-14(10(2)26(3)25-9)4-5-15(27)24-13-7-11(16(18,19)20)6-12(8-13)17(21,22)23/h6-8H,4-5H2,1-3H3,(H,24,27). The van der Waals surface area contributed by atoms with E-state index in [0.717, 1.165) is 11.3 Å². The maximum Gasteiger partial charge on any atom is 0.416 e. The third-order valence-corrected chi connectivity index (χ3v) is 4.13. The maximum atomic E-state index is 12.8. The summed E-state index contributed by atoms with van der Waals surface area (Å²) in [6.45, 7) is 3.55. The van der Waals surface area contributed by atoms with E-state index in [1.165, 1.54) is 0 Å². The van der Waals surface area contributed by atoms with Crippen LogP contribution in [0.5, 0.6) is 0 Å². The number of aryl methyl sites for hydroxylation is 2. The molecule has 2 aromatic rings. The second kappa shape index (κ2) is 7.24. The number of carbonyl (C=O) groups is 1. The van der Waals surface area contributed by atoms with Crippen molar-refractivity contribution < 1.29 is 31.1 Å². The topological polar surface area (TPSA) is 46.9 Å². The number of anilines is 1. The Balaban J connectivity index is 2.19. The van der Waals surface area contributed by atoms with Gasteiger partial charge in [-0.05, 0) is 44.0 Å². The molecule has 1 aromatic carbocycles. The zero-order valence-electron chi connectivity index (χ0n) is 14.7. The van der Waals surface area contributed by atoms with E-state index in [0.29, 0.717) is 17.8 Å². The number of hydrogen-bond acceptors (Lipinski definition) is 2. The Morgan fingerprint density at radius 1 is 1.04 bits per heavy atom. The zero-order valence-corrected chi connectivity index (χ0v) is 14.7. The van der Waals surface area contributed by atoms with E-state index >= 15 is 0 Å². The van der Waals surface area contributed by atoms with Gasteiger partial charge in [0.05, 0.1) is 16.8 Å². The van der Waals surface area contributed by atoms with Crippen molar-refractivity contribution in [2.75, 3.05) is 5.32 Å². The first-order valence-electron chi connectivity index (χ1n) is 7.87. The number of benzene rings is 1. The molecule has 0 spiro atoms. The van der Waals surface area contributed by atoms with Crippen molar-refractivity contribution in [1.82, 2.24) is 9.78 Å². The Bertz CT molecular complexity index is 819. The van der Waals surface area contributed by atoms with Gasteiger partial charge in [-0.15, -0.1) is 0 Å². The van der Waals surface area contributed by atoms with E-state index in [1.54, 1.807) is 25.6 Å². The molecule has 148 valence electrons. The largest absolute Gasteiger partial charge is 0.416 e. The molecule has 1 heterocycles. The number of rotatable bonds is 4. The van der Waals surface area contributed by atoms with Crippen molar-refractivity contribution in [3.8, 4) is 0 Å². The first kappa shape index (κ1) is 20.8. The second-order valence-electron chi connectivity index (χ2n) is 6.12. The number of aromatic nitrogens is 2. The van der Waals surface area contributed by atoms with Crippen molar-refractivity contribution in [1.29, 1.82) is 0 Å². The predicted molar refractivity (Wildman–Crippen MR) is 86.1 cm³/mol. The summed E-state index contributed by atoms with van der Waals surface area (Å²) >= 11 is 0. The monoisotopic (exact) mass is 393 g/mol. The summed E-state index contributed by atoms with van der Waals surface area (Å²) in [7, 11) is 1.73. The van der Waals surface area contributed by atoms with Crippen LogP contribution in [0.15, 0.2) is 18.2 Å². The zero-order chi connectivity index (χ0) is 20.6. The summed E-state index contributed by atoms with van der Waals surface area (Å²) in [6.07, 6.45) is -9.78. The molecule has 2 rings (SSSR count). The highest BCUT2D eigenvalue weighted by Gasteiger charge is 2.37. The van der Waals surface area contributed by atoms with Crippen LogP contribution in [-0.4, -0.2) is 15.7 Å². The third kappa shape index (κ3) is 5.01. The Labute approximate surface area is 151 Å². The van der Waals surface area contributed by atoms with E-state index in [9.17, 15) is 31.1 Å².